The molecular weight excluding hydrogens is 328 g/mol. The van der Waals surface area contributed by atoms with Crippen LogP contribution < -0.4 is 5.32 Å². The van der Waals surface area contributed by atoms with Crippen LogP contribution in [0.4, 0.5) is 0 Å². The first kappa shape index (κ1) is 16.6. The zero-order chi connectivity index (χ0) is 17.8. The van der Waals surface area contributed by atoms with Crippen molar-refractivity contribution in [3.63, 3.8) is 0 Å². The van der Waals surface area contributed by atoms with Crippen molar-refractivity contribution >= 4 is 5.97 Å². The van der Waals surface area contributed by atoms with Crippen LogP contribution in [0.2, 0.25) is 0 Å². The van der Waals surface area contributed by atoms with Crippen LogP contribution in [0.25, 0.3) is 0 Å². The van der Waals surface area contributed by atoms with Crippen molar-refractivity contribution in [2.24, 2.45) is 23.7 Å². The van der Waals surface area contributed by atoms with Crippen LogP contribution in [-0.2, 0) is 9.53 Å². The SMILES string of the molecule is COC(=O)[C@@H]1[C@H]2C[C@H]3C4=C(CCN3C[C@@H]2CC[C@@H]1O)C1CC=CC=C1N4. The number of ether oxygens (including phenoxy) is 1. The molecule has 26 heavy (non-hydrogen) atoms. The zero-order valence-electron chi connectivity index (χ0n) is 15.4. The summed E-state index contributed by atoms with van der Waals surface area (Å²) in [6.07, 6.45) is 11.0. The van der Waals surface area contributed by atoms with Crippen molar-refractivity contribution in [3.8, 4) is 0 Å². The molecule has 3 aliphatic heterocycles. The van der Waals surface area contributed by atoms with E-state index in [1.54, 1.807) is 5.57 Å². The number of carbonyl (C=O) groups excluding carboxylic acids is 1. The van der Waals surface area contributed by atoms with Crippen LogP contribution in [0.15, 0.2) is 35.2 Å². The van der Waals surface area contributed by atoms with Gasteiger partial charge in [-0.05, 0) is 55.6 Å². The summed E-state index contributed by atoms with van der Waals surface area (Å²) in [4.78, 5) is 15.0. The van der Waals surface area contributed by atoms with Gasteiger partial charge in [0.25, 0.3) is 0 Å². The lowest BCUT2D eigenvalue weighted by molar-refractivity contribution is -0.159. The monoisotopic (exact) mass is 356 g/mol. The second kappa shape index (κ2) is 6.24. The lowest BCUT2D eigenvalue weighted by atomic mass is 9.65. The van der Waals surface area contributed by atoms with Crippen molar-refractivity contribution in [2.45, 2.75) is 44.2 Å². The second-order valence-electron chi connectivity index (χ2n) is 8.52. The highest BCUT2D eigenvalue weighted by Crippen LogP contribution is 2.48. The lowest BCUT2D eigenvalue weighted by Gasteiger charge is -2.51. The van der Waals surface area contributed by atoms with Gasteiger partial charge < -0.3 is 15.2 Å². The van der Waals surface area contributed by atoms with Gasteiger partial charge in [-0.3, -0.25) is 9.69 Å². The molecule has 5 heteroatoms. The Morgan fingerprint density at radius 3 is 3.12 bits per heavy atom. The molecule has 2 fully saturated rings. The summed E-state index contributed by atoms with van der Waals surface area (Å²) in [5, 5.41) is 14.2. The summed E-state index contributed by atoms with van der Waals surface area (Å²) >= 11 is 0. The van der Waals surface area contributed by atoms with Crippen LogP contribution in [0.1, 0.15) is 32.1 Å². The summed E-state index contributed by atoms with van der Waals surface area (Å²) in [7, 11) is 1.44. The molecule has 3 heterocycles. The van der Waals surface area contributed by atoms with Gasteiger partial charge in [0.2, 0.25) is 0 Å². The fraction of sp³-hybridized carbons (Fsp3) is 0.667. The number of nitrogens with one attached hydrogen (secondary N) is 1. The number of piperidine rings is 1. The molecule has 2 N–H and O–H groups in total. The standard InChI is InChI=1S/C21H28N2O3/c1-26-21(25)19-15-10-17-20-14(13-4-2-3-5-16(13)22-20)8-9-23(17)11-12(15)6-7-18(19)24/h2-3,5,12-13,15,17-19,22,24H,4,6-11H2,1H3/t12-,13?,15-,17-,18-,19+/m0/s1. The molecule has 6 atom stereocenters. The molecule has 2 aliphatic carbocycles. The molecule has 1 unspecified atom stereocenters. The van der Waals surface area contributed by atoms with Crippen molar-refractivity contribution in [1.82, 2.24) is 10.2 Å². The average molecular weight is 356 g/mol. The second-order valence-corrected chi connectivity index (χ2v) is 8.52. The first-order valence-electron chi connectivity index (χ1n) is 10.0. The molecular formula is C21H28N2O3. The Bertz CT molecular complexity index is 710. The van der Waals surface area contributed by atoms with Gasteiger partial charge in [0.1, 0.15) is 0 Å². The highest BCUT2D eigenvalue weighted by atomic mass is 16.5. The van der Waals surface area contributed by atoms with E-state index in [0.717, 1.165) is 38.8 Å². The Hall–Kier alpha value is -1.59. The first-order chi connectivity index (χ1) is 12.7. The number of methoxy groups -OCH3 is 1. The van der Waals surface area contributed by atoms with Gasteiger partial charge in [-0.1, -0.05) is 12.2 Å². The Balaban J connectivity index is 1.45. The van der Waals surface area contributed by atoms with Crippen molar-refractivity contribution in [3.05, 3.63) is 35.2 Å². The van der Waals surface area contributed by atoms with Crippen LogP contribution in [-0.4, -0.2) is 48.3 Å². The van der Waals surface area contributed by atoms with Crippen molar-refractivity contribution in [2.75, 3.05) is 20.2 Å². The third-order valence-corrected chi connectivity index (χ3v) is 7.40. The lowest BCUT2D eigenvalue weighted by Crippen LogP contribution is -2.57. The molecule has 140 valence electrons. The maximum absolute atomic E-state index is 12.4. The Morgan fingerprint density at radius 2 is 2.27 bits per heavy atom. The molecule has 1 saturated heterocycles. The number of esters is 1. The van der Waals surface area contributed by atoms with Crippen LogP contribution in [0, 0.1) is 23.7 Å². The number of aliphatic hydroxyl groups excluding tert-OH is 1. The van der Waals surface area contributed by atoms with Gasteiger partial charge in [-0.25, -0.2) is 0 Å². The maximum Gasteiger partial charge on any atom is 0.311 e. The molecule has 0 bridgehead atoms. The molecule has 1 saturated carbocycles. The van der Waals surface area contributed by atoms with E-state index in [4.69, 9.17) is 4.74 Å². The van der Waals surface area contributed by atoms with Crippen molar-refractivity contribution < 1.29 is 14.6 Å². The number of hydrogen-bond acceptors (Lipinski definition) is 5. The van der Waals surface area contributed by atoms with Gasteiger partial charge in [0.15, 0.2) is 0 Å². The highest BCUT2D eigenvalue weighted by molar-refractivity contribution is 5.73. The summed E-state index contributed by atoms with van der Waals surface area (Å²) < 4.78 is 5.05. The van der Waals surface area contributed by atoms with Gasteiger partial charge in [0, 0.05) is 30.4 Å². The summed E-state index contributed by atoms with van der Waals surface area (Å²) in [5.74, 6) is 0.645. The number of nitrogens with zero attached hydrogens (tertiary/aromatic N) is 1. The van der Waals surface area contributed by atoms with E-state index in [1.165, 1.54) is 18.5 Å². The molecule has 0 aromatic rings. The fourth-order valence-corrected chi connectivity index (χ4v) is 6.16. The first-order valence-corrected chi connectivity index (χ1v) is 10.0. The van der Waals surface area contributed by atoms with E-state index in [-0.39, 0.29) is 17.8 Å². The molecule has 5 rings (SSSR count). The molecule has 5 aliphatic rings. The third kappa shape index (κ3) is 2.40. The van der Waals surface area contributed by atoms with Gasteiger partial charge in [0.05, 0.1) is 25.2 Å². The normalized spacial score (nSPS) is 41.4. The number of fused-ring (bicyclic) bond motifs is 5. The van der Waals surface area contributed by atoms with E-state index in [0.29, 0.717) is 24.3 Å². The molecule has 0 amide bonds. The minimum Gasteiger partial charge on any atom is -0.469 e. The van der Waals surface area contributed by atoms with Crippen molar-refractivity contribution in [1.29, 1.82) is 0 Å². The predicted octanol–water partition coefficient (Wildman–Crippen LogP) is 1.96. The van der Waals surface area contributed by atoms with Gasteiger partial charge in [-0.2, -0.15) is 0 Å². The number of aliphatic hydroxyl groups is 1. The fourth-order valence-electron chi connectivity index (χ4n) is 6.16. The predicted molar refractivity (Wildman–Crippen MR) is 97.8 cm³/mol. The third-order valence-electron chi connectivity index (χ3n) is 7.40. The summed E-state index contributed by atoms with van der Waals surface area (Å²) in [6, 6.07) is 0.351. The van der Waals surface area contributed by atoms with E-state index in [1.807, 2.05) is 0 Å². The highest BCUT2D eigenvalue weighted by Gasteiger charge is 2.50. The van der Waals surface area contributed by atoms with E-state index in [2.05, 4.69) is 28.4 Å². The molecule has 5 nitrogen and oxygen atoms in total. The molecule has 0 spiro atoms. The molecule has 0 aromatic carbocycles. The van der Waals surface area contributed by atoms with E-state index < -0.39 is 6.10 Å². The number of hydrogen-bond donors (Lipinski definition) is 2. The van der Waals surface area contributed by atoms with Crippen LogP contribution in [0.5, 0.6) is 0 Å². The average Bonchev–Trinajstić information content (AvgIpc) is 3.05. The largest absolute Gasteiger partial charge is 0.469 e. The molecule has 0 radical (unpaired) electrons. The van der Waals surface area contributed by atoms with E-state index in [9.17, 15) is 9.90 Å². The quantitative estimate of drug-likeness (QED) is 0.704. The Morgan fingerprint density at radius 1 is 1.38 bits per heavy atom. The maximum atomic E-state index is 12.4. The topological polar surface area (TPSA) is 61.8 Å². The summed E-state index contributed by atoms with van der Waals surface area (Å²) in [6.45, 7) is 2.16. The van der Waals surface area contributed by atoms with Gasteiger partial charge in [-0.15, -0.1) is 0 Å². The molecule has 0 aromatic heterocycles. The Kier molecular flexibility index (Phi) is 3.98. The van der Waals surface area contributed by atoms with Gasteiger partial charge >= 0.3 is 5.97 Å². The number of rotatable bonds is 1. The smallest absolute Gasteiger partial charge is 0.311 e. The minimum absolute atomic E-state index is 0.218. The minimum atomic E-state index is -0.557. The Labute approximate surface area is 154 Å². The van der Waals surface area contributed by atoms with Crippen LogP contribution >= 0.6 is 0 Å². The zero-order valence-corrected chi connectivity index (χ0v) is 15.4. The number of carbonyl (C=O) groups is 1. The summed E-state index contributed by atoms with van der Waals surface area (Å²) in [5.41, 5.74) is 4.30. The number of allylic oxidation sites excluding steroid dienone is 4. The van der Waals surface area contributed by atoms with E-state index >= 15 is 0 Å². The van der Waals surface area contributed by atoms with Crippen LogP contribution in [0.3, 0.4) is 0 Å².